The standard InChI is InChI=1S/C14H12ClF2NO2S/c1-9(15)8-19-10-4-5-11-12(7-10)20-14(18-11)21-6-2-3-13(16)17/h3-5,7H,1-2,6,8H2. The van der Waals surface area contributed by atoms with Gasteiger partial charge in [-0.05, 0) is 24.6 Å². The third-order valence-electron chi connectivity index (χ3n) is 2.38. The normalized spacial score (nSPS) is 10.6. The summed E-state index contributed by atoms with van der Waals surface area (Å²) in [6.07, 6.45) is -0.533. The summed E-state index contributed by atoms with van der Waals surface area (Å²) in [5.41, 5.74) is 1.25. The average Bonchev–Trinajstić information content (AvgIpc) is 2.83. The van der Waals surface area contributed by atoms with E-state index in [1.165, 1.54) is 11.8 Å². The Morgan fingerprint density at radius 1 is 1.48 bits per heavy atom. The molecule has 0 aliphatic heterocycles. The van der Waals surface area contributed by atoms with Crippen molar-refractivity contribution in [2.45, 2.75) is 11.6 Å². The first-order valence-corrected chi connectivity index (χ1v) is 7.41. The van der Waals surface area contributed by atoms with E-state index in [2.05, 4.69) is 11.6 Å². The summed E-state index contributed by atoms with van der Waals surface area (Å²) in [5, 5.41) is 0.841. The number of thioether (sulfide) groups is 1. The largest absolute Gasteiger partial charge is 0.488 e. The summed E-state index contributed by atoms with van der Waals surface area (Å²) in [5.74, 6) is 1.07. The Morgan fingerprint density at radius 2 is 2.29 bits per heavy atom. The van der Waals surface area contributed by atoms with Crippen molar-refractivity contribution in [2.24, 2.45) is 0 Å². The second kappa shape index (κ2) is 7.47. The number of oxazole rings is 1. The monoisotopic (exact) mass is 331 g/mol. The molecule has 2 aromatic rings. The van der Waals surface area contributed by atoms with E-state index in [0.29, 0.717) is 32.9 Å². The molecule has 1 aromatic heterocycles. The number of hydrogen-bond acceptors (Lipinski definition) is 4. The number of ether oxygens (including phenoxy) is 1. The molecule has 0 saturated heterocycles. The molecule has 0 radical (unpaired) electrons. The minimum atomic E-state index is -1.67. The molecule has 0 atom stereocenters. The summed E-state index contributed by atoms with van der Waals surface area (Å²) >= 11 is 6.91. The van der Waals surface area contributed by atoms with Crippen LogP contribution >= 0.6 is 23.4 Å². The predicted molar refractivity (Wildman–Crippen MR) is 80.1 cm³/mol. The molecule has 0 amide bonds. The topological polar surface area (TPSA) is 35.3 Å². The van der Waals surface area contributed by atoms with Crippen molar-refractivity contribution < 1.29 is 17.9 Å². The summed E-state index contributed by atoms with van der Waals surface area (Å²) in [4.78, 5) is 4.25. The highest BCUT2D eigenvalue weighted by molar-refractivity contribution is 7.99. The summed E-state index contributed by atoms with van der Waals surface area (Å²) in [7, 11) is 0. The van der Waals surface area contributed by atoms with Crippen LogP contribution in [0, 0.1) is 0 Å². The van der Waals surface area contributed by atoms with E-state index in [1.54, 1.807) is 18.2 Å². The molecule has 0 saturated carbocycles. The van der Waals surface area contributed by atoms with Crippen LogP contribution in [0.5, 0.6) is 5.75 Å². The van der Waals surface area contributed by atoms with Crippen LogP contribution in [0.15, 0.2) is 51.6 Å². The molecule has 112 valence electrons. The lowest BCUT2D eigenvalue weighted by Crippen LogP contribution is -1.95. The molecule has 0 aliphatic rings. The number of hydrogen-bond donors (Lipinski definition) is 0. The van der Waals surface area contributed by atoms with Gasteiger partial charge in [0.25, 0.3) is 11.3 Å². The van der Waals surface area contributed by atoms with Gasteiger partial charge in [0, 0.05) is 16.9 Å². The molecule has 0 spiro atoms. The molecule has 2 rings (SSSR count). The van der Waals surface area contributed by atoms with E-state index >= 15 is 0 Å². The first-order chi connectivity index (χ1) is 10.0. The van der Waals surface area contributed by atoms with Crippen LogP contribution in [0.4, 0.5) is 8.78 Å². The van der Waals surface area contributed by atoms with Crippen LogP contribution in [0.25, 0.3) is 11.1 Å². The van der Waals surface area contributed by atoms with Crippen molar-refractivity contribution in [1.82, 2.24) is 4.98 Å². The second-order valence-corrected chi connectivity index (χ2v) is 5.63. The molecule has 1 aromatic carbocycles. The first kappa shape index (κ1) is 15.9. The highest BCUT2D eigenvalue weighted by atomic mass is 35.5. The quantitative estimate of drug-likeness (QED) is 0.514. The van der Waals surface area contributed by atoms with Crippen molar-refractivity contribution in [3.8, 4) is 5.75 Å². The van der Waals surface area contributed by atoms with E-state index < -0.39 is 6.08 Å². The zero-order valence-corrected chi connectivity index (χ0v) is 12.5. The number of benzene rings is 1. The van der Waals surface area contributed by atoms with Gasteiger partial charge < -0.3 is 9.15 Å². The molecule has 0 N–H and O–H groups in total. The average molecular weight is 332 g/mol. The minimum Gasteiger partial charge on any atom is -0.488 e. The van der Waals surface area contributed by atoms with E-state index in [4.69, 9.17) is 20.8 Å². The van der Waals surface area contributed by atoms with Gasteiger partial charge >= 0.3 is 0 Å². The summed E-state index contributed by atoms with van der Waals surface area (Å²) in [6, 6.07) is 5.21. The van der Waals surface area contributed by atoms with Gasteiger partial charge in [-0.2, -0.15) is 8.78 Å². The Hall–Kier alpha value is -1.53. The molecule has 0 unspecified atom stereocenters. The van der Waals surface area contributed by atoms with Gasteiger partial charge in [0.15, 0.2) is 5.58 Å². The fourth-order valence-electron chi connectivity index (χ4n) is 1.51. The number of aromatic nitrogens is 1. The summed E-state index contributed by atoms with van der Waals surface area (Å²) < 4.78 is 34.7. The fourth-order valence-corrected chi connectivity index (χ4v) is 2.29. The molecule has 0 fully saturated rings. The SMILES string of the molecule is C=C(Cl)COc1ccc2nc(SCCC=C(F)F)oc2c1. The molecule has 0 bridgehead atoms. The van der Waals surface area contributed by atoms with Crippen LogP contribution in [-0.2, 0) is 0 Å². The highest BCUT2D eigenvalue weighted by Crippen LogP contribution is 2.27. The van der Waals surface area contributed by atoms with Crippen molar-refractivity contribution in [2.75, 3.05) is 12.4 Å². The maximum atomic E-state index is 11.9. The van der Waals surface area contributed by atoms with Crippen LogP contribution in [0.3, 0.4) is 0 Å². The number of nitrogens with zero attached hydrogens (tertiary/aromatic N) is 1. The van der Waals surface area contributed by atoms with Crippen LogP contribution in [0.1, 0.15) is 6.42 Å². The van der Waals surface area contributed by atoms with Gasteiger partial charge in [-0.1, -0.05) is 29.9 Å². The highest BCUT2D eigenvalue weighted by Gasteiger charge is 2.07. The Morgan fingerprint density at radius 3 is 3.00 bits per heavy atom. The number of halogens is 3. The van der Waals surface area contributed by atoms with Crippen molar-refractivity contribution >= 4 is 34.5 Å². The van der Waals surface area contributed by atoms with Gasteiger partial charge in [-0.25, -0.2) is 4.98 Å². The van der Waals surface area contributed by atoms with Crippen LogP contribution in [-0.4, -0.2) is 17.3 Å². The van der Waals surface area contributed by atoms with Gasteiger partial charge in [0.1, 0.15) is 17.9 Å². The zero-order valence-electron chi connectivity index (χ0n) is 10.9. The van der Waals surface area contributed by atoms with Crippen molar-refractivity contribution in [3.63, 3.8) is 0 Å². The van der Waals surface area contributed by atoms with Gasteiger partial charge in [-0.15, -0.1) is 0 Å². The number of rotatable bonds is 7. The fraction of sp³-hybridized carbons (Fsp3) is 0.214. The van der Waals surface area contributed by atoms with E-state index in [1.807, 2.05) is 0 Å². The van der Waals surface area contributed by atoms with Crippen molar-refractivity contribution in [1.29, 1.82) is 0 Å². The van der Waals surface area contributed by atoms with Gasteiger partial charge in [0.05, 0.1) is 0 Å². The van der Waals surface area contributed by atoms with E-state index in [-0.39, 0.29) is 13.0 Å². The van der Waals surface area contributed by atoms with Crippen molar-refractivity contribution in [3.05, 3.63) is 42.0 Å². The molecular weight excluding hydrogens is 320 g/mol. The molecule has 21 heavy (non-hydrogen) atoms. The minimum absolute atomic E-state index is 0.212. The molecule has 7 heteroatoms. The Bertz CT molecular complexity index is 668. The zero-order chi connectivity index (χ0) is 15.2. The lowest BCUT2D eigenvalue weighted by Gasteiger charge is -2.03. The lowest BCUT2D eigenvalue weighted by atomic mass is 10.3. The van der Waals surface area contributed by atoms with Crippen LogP contribution in [0.2, 0.25) is 0 Å². The molecule has 0 aliphatic carbocycles. The third kappa shape index (κ3) is 5.06. The predicted octanol–water partition coefficient (Wildman–Crippen LogP) is 5.22. The Labute approximate surface area is 129 Å². The van der Waals surface area contributed by atoms with Gasteiger partial charge in [0.2, 0.25) is 0 Å². The maximum Gasteiger partial charge on any atom is 0.266 e. The summed E-state index contributed by atoms with van der Waals surface area (Å²) in [6.45, 7) is 3.75. The number of allylic oxidation sites excluding steroid dienone is 1. The van der Waals surface area contributed by atoms with Gasteiger partial charge in [-0.3, -0.25) is 0 Å². The van der Waals surface area contributed by atoms with E-state index in [9.17, 15) is 8.78 Å². The molecule has 1 heterocycles. The lowest BCUT2D eigenvalue weighted by molar-refractivity contribution is 0.359. The van der Waals surface area contributed by atoms with E-state index in [0.717, 1.165) is 6.08 Å². The molecular formula is C14H12ClF2NO2S. The smallest absolute Gasteiger partial charge is 0.266 e. The Kier molecular flexibility index (Phi) is 5.64. The molecule has 3 nitrogen and oxygen atoms in total. The third-order valence-corrected chi connectivity index (χ3v) is 3.35. The Balaban J connectivity index is 2.00. The number of fused-ring (bicyclic) bond motifs is 1. The van der Waals surface area contributed by atoms with Crippen LogP contribution < -0.4 is 4.74 Å². The maximum absolute atomic E-state index is 11.9. The first-order valence-electron chi connectivity index (χ1n) is 6.05. The second-order valence-electron chi connectivity index (χ2n) is 4.05.